The molecule has 1 N–H and O–H groups in total. The lowest BCUT2D eigenvalue weighted by molar-refractivity contribution is -0.137. The monoisotopic (exact) mass is 339 g/mol. The van der Waals surface area contributed by atoms with Gasteiger partial charge in [0.25, 0.3) is 0 Å². The predicted molar refractivity (Wildman–Crippen MR) is 87.9 cm³/mol. The molecule has 0 aromatic heterocycles. The average Bonchev–Trinajstić information content (AvgIpc) is 2.47. The Morgan fingerprint density at radius 2 is 1.82 bits per heavy atom. The van der Waals surface area contributed by atoms with Crippen molar-refractivity contribution < 1.29 is 14.3 Å². The van der Waals surface area contributed by atoms with E-state index in [1.54, 1.807) is 24.3 Å². The van der Waals surface area contributed by atoms with Crippen LogP contribution in [0.3, 0.4) is 0 Å². The SMILES string of the molecule is CC(CC(=O)O)N(Sc1ccc(Cl)cc1)c1ccc(F)cc1. The van der Waals surface area contributed by atoms with Crippen LogP contribution in [0, 0.1) is 5.82 Å². The number of aliphatic carboxylic acids is 1. The molecular weight excluding hydrogens is 325 g/mol. The fraction of sp³-hybridized carbons (Fsp3) is 0.188. The van der Waals surface area contributed by atoms with Gasteiger partial charge in [-0.25, -0.2) is 4.39 Å². The van der Waals surface area contributed by atoms with Gasteiger partial charge in [0.2, 0.25) is 0 Å². The molecule has 22 heavy (non-hydrogen) atoms. The third-order valence-corrected chi connectivity index (χ3v) is 4.47. The van der Waals surface area contributed by atoms with Crippen LogP contribution in [0.25, 0.3) is 0 Å². The Hall–Kier alpha value is -1.72. The highest BCUT2D eigenvalue weighted by Crippen LogP contribution is 2.32. The van der Waals surface area contributed by atoms with Crippen molar-refractivity contribution in [3.8, 4) is 0 Å². The standard InChI is InChI=1S/C16H15ClFNO2S/c1-11(10-16(20)21)19(14-6-4-13(18)5-7-14)22-15-8-2-12(17)3-9-15/h2-9,11H,10H2,1H3,(H,20,21). The molecule has 2 aromatic carbocycles. The van der Waals surface area contributed by atoms with E-state index >= 15 is 0 Å². The van der Waals surface area contributed by atoms with Gasteiger partial charge < -0.3 is 9.41 Å². The largest absolute Gasteiger partial charge is 0.481 e. The number of hydrogen-bond acceptors (Lipinski definition) is 3. The van der Waals surface area contributed by atoms with Gasteiger partial charge in [0.05, 0.1) is 6.42 Å². The number of hydrogen-bond donors (Lipinski definition) is 1. The van der Waals surface area contributed by atoms with Crippen LogP contribution in [0.4, 0.5) is 10.1 Å². The van der Waals surface area contributed by atoms with E-state index in [2.05, 4.69) is 0 Å². The van der Waals surface area contributed by atoms with Crippen LogP contribution in [0.2, 0.25) is 5.02 Å². The summed E-state index contributed by atoms with van der Waals surface area (Å²) in [4.78, 5) is 11.9. The number of carboxylic acid groups (broad SMARTS) is 1. The van der Waals surface area contributed by atoms with Gasteiger partial charge in [-0.1, -0.05) is 11.6 Å². The highest BCUT2D eigenvalue weighted by atomic mass is 35.5. The third kappa shape index (κ3) is 4.64. The summed E-state index contributed by atoms with van der Waals surface area (Å²) in [5.41, 5.74) is 0.745. The van der Waals surface area contributed by atoms with Gasteiger partial charge >= 0.3 is 5.97 Å². The van der Waals surface area contributed by atoms with Gasteiger partial charge in [0.1, 0.15) is 5.82 Å². The number of benzene rings is 2. The van der Waals surface area contributed by atoms with Gasteiger partial charge in [0, 0.05) is 21.6 Å². The molecule has 2 rings (SSSR count). The van der Waals surface area contributed by atoms with Crippen molar-refractivity contribution in [1.29, 1.82) is 0 Å². The Balaban J connectivity index is 2.26. The first-order valence-corrected chi connectivity index (χ1v) is 7.81. The Kier molecular flexibility index (Phi) is 5.69. The molecule has 0 saturated carbocycles. The minimum Gasteiger partial charge on any atom is -0.481 e. The lowest BCUT2D eigenvalue weighted by Gasteiger charge is -2.29. The molecule has 0 bridgehead atoms. The van der Waals surface area contributed by atoms with Gasteiger partial charge in [-0.2, -0.15) is 0 Å². The summed E-state index contributed by atoms with van der Waals surface area (Å²) >= 11 is 7.27. The second-order valence-electron chi connectivity index (χ2n) is 4.79. The molecule has 0 aliphatic carbocycles. The third-order valence-electron chi connectivity index (χ3n) is 2.97. The Labute approximate surface area is 137 Å². The summed E-state index contributed by atoms with van der Waals surface area (Å²) in [5, 5.41) is 9.65. The van der Waals surface area contributed by atoms with Crippen molar-refractivity contribution in [2.75, 3.05) is 4.31 Å². The van der Waals surface area contributed by atoms with E-state index in [0.29, 0.717) is 5.02 Å². The van der Waals surface area contributed by atoms with Crippen molar-refractivity contribution >= 4 is 35.2 Å². The van der Waals surface area contributed by atoms with Crippen LogP contribution < -0.4 is 4.31 Å². The minimum atomic E-state index is -0.878. The fourth-order valence-corrected chi connectivity index (χ4v) is 3.02. The zero-order chi connectivity index (χ0) is 16.1. The molecular formula is C16H15ClFNO2S. The molecule has 6 heteroatoms. The molecule has 0 amide bonds. The number of anilines is 1. The summed E-state index contributed by atoms with van der Waals surface area (Å²) in [6, 6.07) is 13.0. The van der Waals surface area contributed by atoms with Gasteiger partial charge in [0.15, 0.2) is 0 Å². The average molecular weight is 340 g/mol. The molecule has 3 nitrogen and oxygen atoms in total. The van der Waals surface area contributed by atoms with Crippen LogP contribution in [0.1, 0.15) is 13.3 Å². The van der Waals surface area contributed by atoms with Crippen molar-refractivity contribution in [3.63, 3.8) is 0 Å². The van der Waals surface area contributed by atoms with E-state index < -0.39 is 5.97 Å². The maximum atomic E-state index is 13.1. The minimum absolute atomic E-state index is 0.0159. The second-order valence-corrected chi connectivity index (χ2v) is 6.28. The van der Waals surface area contributed by atoms with Crippen molar-refractivity contribution in [3.05, 3.63) is 59.4 Å². The van der Waals surface area contributed by atoms with E-state index in [1.165, 1.54) is 24.1 Å². The molecule has 116 valence electrons. The Morgan fingerprint density at radius 3 is 2.36 bits per heavy atom. The van der Waals surface area contributed by atoms with Crippen LogP contribution >= 0.6 is 23.5 Å². The summed E-state index contributed by atoms with van der Waals surface area (Å²) < 4.78 is 15.0. The van der Waals surface area contributed by atoms with Crippen molar-refractivity contribution in [2.45, 2.75) is 24.3 Å². The van der Waals surface area contributed by atoms with E-state index in [4.69, 9.17) is 16.7 Å². The first kappa shape index (κ1) is 16.6. The van der Waals surface area contributed by atoms with Crippen LogP contribution in [0.5, 0.6) is 0 Å². The number of nitrogens with zero attached hydrogens (tertiary/aromatic N) is 1. The number of carboxylic acids is 1. The molecule has 0 radical (unpaired) electrons. The number of rotatable bonds is 6. The summed E-state index contributed by atoms with van der Waals surface area (Å²) in [6.07, 6.45) is -0.0159. The van der Waals surface area contributed by atoms with Crippen LogP contribution in [-0.4, -0.2) is 17.1 Å². The lowest BCUT2D eigenvalue weighted by Crippen LogP contribution is -2.28. The first-order chi connectivity index (χ1) is 10.5. The number of carbonyl (C=O) groups is 1. The fourth-order valence-electron chi connectivity index (χ4n) is 1.93. The van der Waals surface area contributed by atoms with Crippen molar-refractivity contribution in [1.82, 2.24) is 0 Å². The van der Waals surface area contributed by atoms with Gasteiger partial charge in [-0.3, -0.25) is 4.79 Å². The van der Waals surface area contributed by atoms with Crippen LogP contribution in [0.15, 0.2) is 53.4 Å². The van der Waals surface area contributed by atoms with E-state index in [9.17, 15) is 9.18 Å². The normalized spacial score (nSPS) is 12.0. The van der Waals surface area contributed by atoms with E-state index in [0.717, 1.165) is 10.6 Å². The molecule has 1 atom stereocenters. The zero-order valence-corrected chi connectivity index (χ0v) is 13.4. The number of halogens is 2. The summed E-state index contributed by atoms with van der Waals surface area (Å²) in [5.74, 6) is -1.21. The molecule has 2 aromatic rings. The molecule has 0 spiro atoms. The maximum Gasteiger partial charge on any atom is 0.305 e. The molecule has 1 unspecified atom stereocenters. The van der Waals surface area contributed by atoms with Gasteiger partial charge in [-0.05, 0) is 67.4 Å². The molecule has 0 fully saturated rings. The quantitative estimate of drug-likeness (QED) is 0.763. The predicted octanol–water partition coefficient (Wildman–Crippen LogP) is 4.86. The first-order valence-electron chi connectivity index (χ1n) is 6.66. The second kappa shape index (κ2) is 7.51. The lowest BCUT2D eigenvalue weighted by atomic mass is 10.2. The zero-order valence-electron chi connectivity index (χ0n) is 11.9. The summed E-state index contributed by atoms with van der Waals surface area (Å²) in [7, 11) is 0. The highest BCUT2D eigenvalue weighted by molar-refractivity contribution is 8.00. The van der Waals surface area contributed by atoms with Crippen LogP contribution in [-0.2, 0) is 4.79 Å². The topological polar surface area (TPSA) is 40.5 Å². The molecule has 0 heterocycles. The van der Waals surface area contributed by atoms with E-state index in [1.807, 2.05) is 23.4 Å². The smallest absolute Gasteiger partial charge is 0.305 e. The molecule has 0 saturated heterocycles. The van der Waals surface area contributed by atoms with Gasteiger partial charge in [-0.15, -0.1) is 0 Å². The maximum absolute atomic E-state index is 13.1. The Morgan fingerprint density at radius 1 is 1.23 bits per heavy atom. The van der Waals surface area contributed by atoms with E-state index in [-0.39, 0.29) is 18.3 Å². The Bertz CT molecular complexity index is 634. The van der Waals surface area contributed by atoms with Crippen molar-refractivity contribution in [2.24, 2.45) is 0 Å². The molecule has 0 aliphatic heterocycles. The summed E-state index contributed by atoms with van der Waals surface area (Å²) in [6.45, 7) is 1.82. The highest BCUT2D eigenvalue weighted by Gasteiger charge is 2.19. The molecule has 0 aliphatic rings.